The average molecular weight is 311 g/mol. The highest BCUT2D eigenvalue weighted by Gasteiger charge is 2.23. The van der Waals surface area contributed by atoms with E-state index in [-0.39, 0.29) is 16.3 Å². The number of aromatic amines is 1. The quantitative estimate of drug-likeness (QED) is 0.856. The number of anilines is 1. The molecule has 21 heavy (non-hydrogen) atoms. The first-order valence-corrected chi connectivity index (χ1v) is 7.97. The summed E-state index contributed by atoms with van der Waals surface area (Å²) in [6.45, 7) is 0.462. The first-order valence-electron chi connectivity index (χ1n) is 6.48. The van der Waals surface area contributed by atoms with Gasteiger partial charge in [-0.25, -0.2) is 12.8 Å². The summed E-state index contributed by atoms with van der Waals surface area (Å²) in [7, 11) is -3.77. The summed E-state index contributed by atoms with van der Waals surface area (Å²) in [5, 5.41) is 6.03. The van der Waals surface area contributed by atoms with Crippen LogP contribution in [-0.4, -0.2) is 25.2 Å². The maximum Gasteiger partial charge on any atom is 0.265 e. The number of hydrogen-bond donors (Lipinski definition) is 2. The fraction of sp³-hybridized carbons (Fsp3) is 0.308. The number of benzene rings is 1. The van der Waals surface area contributed by atoms with Crippen molar-refractivity contribution in [1.82, 2.24) is 10.2 Å². The molecule has 0 radical (unpaired) electrons. The van der Waals surface area contributed by atoms with Gasteiger partial charge in [0.05, 0.1) is 18.5 Å². The van der Waals surface area contributed by atoms with E-state index < -0.39 is 15.8 Å². The van der Waals surface area contributed by atoms with Crippen molar-refractivity contribution in [2.24, 2.45) is 5.92 Å². The van der Waals surface area contributed by atoms with Crippen molar-refractivity contribution >= 4 is 15.7 Å². The van der Waals surface area contributed by atoms with Crippen LogP contribution in [0.1, 0.15) is 12.8 Å². The molecule has 0 aliphatic heterocycles. The normalized spacial score (nSPS) is 14.9. The first-order chi connectivity index (χ1) is 10.0. The van der Waals surface area contributed by atoms with Crippen molar-refractivity contribution in [2.45, 2.75) is 17.7 Å². The van der Waals surface area contributed by atoms with Crippen LogP contribution in [0.3, 0.4) is 0 Å². The van der Waals surface area contributed by atoms with Crippen LogP contribution in [0.4, 0.5) is 10.1 Å². The second kappa shape index (κ2) is 5.36. The lowest BCUT2D eigenvalue weighted by molar-refractivity contribution is 0.300. The van der Waals surface area contributed by atoms with Crippen LogP contribution in [0, 0.1) is 11.7 Å². The van der Waals surface area contributed by atoms with Gasteiger partial charge in [0.2, 0.25) is 0 Å². The van der Waals surface area contributed by atoms with E-state index in [1.807, 2.05) is 0 Å². The lowest BCUT2D eigenvalue weighted by Crippen LogP contribution is -2.13. The van der Waals surface area contributed by atoms with Crippen LogP contribution in [0.5, 0.6) is 5.75 Å². The standard InChI is InChI=1S/C13H14FN3O3S/c14-10-3-4-12(13(5-10)20-8-9-1-2-9)17-21(18,19)11-6-15-16-7-11/h3-7,9,17H,1-2,8H2,(H,15,16). The molecule has 0 spiro atoms. The molecule has 3 rings (SSSR count). The summed E-state index contributed by atoms with van der Waals surface area (Å²) in [6, 6.07) is 3.70. The Kier molecular flexibility index (Phi) is 3.54. The van der Waals surface area contributed by atoms with E-state index >= 15 is 0 Å². The molecule has 0 saturated heterocycles. The zero-order valence-electron chi connectivity index (χ0n) is 11.0. The number of sulfonamides is 1. The molecule has 1 aliphatic carbocycles. The van der Waals surface area contributed by atoms with Crippen molar-refractivity contribution in [3.8, 4) is 5.75 Å². The number of aromatic nitrogens is 2. The van der Waals surface area contributed by atoms with Gasteiger partial charge >= 0.3 is 0 Å². The number of ether oxygens (including phenoxy) is 1. The molecule has 0 unspecified atom stereocenters. The van der Waals surface area contributed by atoms with Crippen molar-refractivity contribution in [2.75, 3.05) is 11.3 Å². The summed E-state index contributed by atoms with van der Waals surface area (Å²) in [5.74, 6) is 0.188. The predicted octanol–water partition coefficient (Wildman–Crippen LogP) is 2.14. The first kappa shape index (κ1) is 13.9. The highest BCUT2D eigenvalue weighted by Crippen LogP contribution is 2.33. The van der Waals surface area contributed by atoms with E-state index in [1.54, 1.807) is 0 Å². The van der Waals surface area contributed by atoms with Gasteiger partial charge < -0.3 is 4.74 Å². The number of rotatable bonds is 6. The van der Waals surface area contributed by atoms with E-state index in [9.17, 15) is 12.8 Å². The SMILES string of the molecule is O=S(=O)(Nc1ccc(F)cc1OCC1CC1)c1cn[nH]c1. The highest BCUT2D eigenvalue weighted by atomic mass is 32.2. The Balaban J connectivity index is 1.83. The minimum absolute atomic E-state index is 0.0000297. The highest BCUT2D eigenvalue weighted by molar-refractivity contribution is 7.92. The Labute approximate surface area is 121 Å². The molecule has 2 N–H and O–H groups in total. The van der Waals surface area contributed by atoms with Gasteiger partial charge in [-0.15, -0.1) is 0 Å². The Morgan fingerprint density at radius 1 is 1.43 bits per heavy atom. The van der Waals surface area contributed by atoms with Crippen molar-refractivity contribution in [1.29, 1.82) is 0 Å². The third-order valence-electron chi connectivity index (χ3n) is 3.14. The van der Waals surface area contributed by atoms with E-state index in [2.05, 4.69) is 14.9 Å². The molecular formula is C13H14FN3O3S. The second-order valence-corrected chi connectivity index (χ2v) is 6.62. The number of halogens is 1. The molecule has 1 aromatic heterocycles. The van der Waals surface area contributed by atoms with E-state index in [0.29, 0.717) is 12.5 Å². The largest absolute Gasteiger partial charge is 0.491 e. The molecule has 2 aromatic rings. The van der Waals surface area contributed by atoms with E-state index in [0.717, 1.165) is 12.8 Å². The minimum atomic E-state index is -3.77. The Morgan fingerprint density at radius 3 is 2.90 bits per heavy atom. The molecular weight excluding hydrogens is 297 g/mol. The van der Waals surface area contributed by atoms with Crippen molar-refractivity contribution < 1.29 is 17.5 Å². The van der Waals surface area contributed by atoms with Gasteiger partial charge in [-0.05, 0) is 30.9 Å². The fourth-order valence-corrected chi connectivity index (χ4v) is 2.76. The molecule has 0 amide bonds. The smallest absolute Gasteiger partial charge is 0.265 e. The summed E-state index contributed by atoms with van der Waals surface area (Å²) in [5.41, 5.74) is 0.207. The molecule has 8 heteroatoms. The summed E-state index contributed by atoms with van der Waals surface area (Å²) in [4.78, 5) is -0.0000297. The van der Waals surface area contributed by atoms with E-state index in [4.69, 9.17) is 4.74 Å². The minimum Gasteiger partial charge on any atom is -0.491 e. The molecule has 0 atom stereocenters. The van der Waals surface area contributed by atoms with Gasteiger partial charge in [-0.1, -0.05) is 0 Å². The Bertz CT molecular complexity index is 727. The second-order valence-electron chi connectivity index (χ2n) is 4.93. The zero-order valence-corrected chi connectivity index (χ0v) is 11.9. The van der Waals surface area contributed by atoms with Gasteiger partial charge in [0.15, 0.2) is 0 Å². The summed E-state index contributed by atoms with van der Waals surface area (Å²) < 4.78 is 45.5. The number of nitrogens with zero attached hydrogens (tertiary/aromatic N) is 1. The molecule has 1 aliphatic rings. The lowest BCUT2D eigenvalue weighted by atomic mass is 10.3. The van der Waals surface area contributed by atoms with Crippen molar-refractivity contribution in [3.05, 3.63) is 36.4 Å². The number of hydrogen-bond acceptors (Lipinski definition) is 4. The van der Waals surface area contributed by atoms with E-state index in [1.165, 1.54) is 30.6 Å². The monoisotopic (exact) mass is 311 g/mol. The maximum absolute atomic E-state index is 13.3. The third kappa shape index (κ3) is 3.33. The van der Waals surface area contributed by atoms with Gasteiger partial charge in [0.1, 0.15) is 16.5 Å². The zero-order chi connectivity index (χ0) is 14.9. The van der Waals surface area contributed by atoms with Gasteiger partial charge in [0, 0.05) is 12.3 Å². The van der Waals surface area contributed by atoms with Crippen LogP contribution in [0.2, 0.25) is 0 Å². The molecule has 1 aromatic carbocycles. The summed E-state index contributed by atoms with van der Waals surface area (Å²) in [6.07, 6.45) is 4.63. The predicted molar refractivity (Wildman–Crippen MR) is 74.0 cm³/mol. The molecule has 0 bridgehead atoms. The summed E-state index contributed by atoms with van der Waals surface area (Å²) >= 11 is 0. The van der Waals surface area contributed by atoms with Crippen LogP contribution >= 0.6 is 0 Å². The number of nitrogens with one attached hydrogen (secondary N) is 2. The average Bonchev–Trinajstić information content (AvgIpc) is 3.09. The molecule has 112 valence electrons. The van der Waals surface area contributed by atoms with Gasteiger partial charge in [-0.2, -0.15) is 5.10 Å². The Morgan fingerprint density at radius 2 is 2.24 bits per heavy atom. The van der Waals surface area contributed by atoms with Crippen LogP contribution in [0.25, 0.3) is 0 Å². The molecule has 1 fully saturated rings. The third-order valence-corrected chi connectivity index (χ3v) is 4.48. The van der Waals surface area contributed by atoms with Crippen LogP contribution in [0.15, 0.2) is 35.5 Å². The van der Waals surface area contributed by atoms with Crippen molar-refractivity contribution in [3.63, 3.8) is 0 Å². The maximum atomic E-state index is 13.3. The fourth-order valence-electron chi connectivity index (χ4n) is 1.78. The Hall–Kier alpha value is -2.09. The topological polar surface area (TPSA) is 84.1 Å². The molecule has 6 nitrogen and oxygen atoms in total. The molecule has 1 saturated carbocycles. The van der Waals surface area contributed by atoms with Gasteiger partial charge in [-0.3, -0.25) is 9.82 Å². The number of H-pyrrole nitrogens is 1. The molecule has 1 heterocycles. The van der Waals surface area contributed by atoms with Crippen LogP contribution < -0.4 is 9.46 Å². The van der Waals surface area contributed by atoms with Crippen LogP contribution in [-0.2, 0) is 10.0 Å². The lowest BCUT2D eigenvalue weighted by Gasteiger charge is -2.13. The van der Waals surface area contributed by atoms with Gasteiger partial charge in [0.25, 0.3) is 10.0 Å².